The molecule has 0 aliphatic carbocycles. The van der Waals surface area contributed by atoms with Gasteiger partial charge in [-0.3, -0.25) is 4.68 Å². The third-order valence-electron chi connectivity index (χ3n) is 5.26. The van der Waals surface area contributed by atoms with Crippen LogP contribution in [0.2, 0.25) is 0 Å². The summed E-state index contributed by atoms with van der Waals surface area (Å²) in [6.45, 7) is 6.90. The normalized spacial score (nSPS) is 12.1. The van der Waals surface area contributed by atoms with Crippen molar-refractivity contribution in [1.29, 1.82) is 0 Å². The van der Waals surface area contributed by atoms with Gasteiger partial charge in [0.25, 0.3) is 0 Å². The first kappa shape index (κ1) is 19.5. The number of para-hydroxylation sites is 1. The van der Waals surface area contributed by atoms with E-state index in [1.165, 1.54) is 0 Å². The smallest absolute Gasteiger partial charge is 0.357 e. The number of nitrogens with zero attached hydrogens (tertiary/aromatic N) is 3. The molecule has 3 aromatic heterocycles. The summed E-state index contributed by atoms with van der Waals surface area (Å²) in [6, 6.07) is 15.4. The van der Waals surface area contributed by atoms with Gasteiger partial charge in [-0.05, 0) is 29.8 Å². The Morgan fingerprint density at radius 3 is 2.71 bits per heavy atom. The van der Waals surface area contributed by atoms with E-state index in [2.05, 4.69) is 37.3 Å². The van der Waals surface area contributed by atoms with Gasteiger partial charge in [-0.1, -0.05) is 45.0 Å². The lowest BCUT2D eigenvalue weighted by Crippen LogP contribution is -2.11. The van der Waals surface area contributed by atoms with Crippen LogP contribution >= 0.6 is 11.3 Å². The predicted molar refractivity (Wildman–Crippen MR) is 122 cm³/mol. The standard InChI is InChI=1S/C24H21N3O3S/c1-24(2,3)20-13-31-22(25-20)19-11-15-10-14(8-9-18(15)30-19)12-27-17-7-5-4-6-16(17)21(26-27)23(28)29/h4-11,13H,12H2,1-3H3,(H,28,29). The molecule has 5 rings (SSSR count). The topological polar surface area (TPSA) is 81.2 Å². The van der Waals surface area contributed by atoms with Crippen LogP contribution < -0.4 is 0 Å². The second kappa shape index (κ2) is 7.06. The Morgan fingerprint density at radius 2 is 1.97 bits per heavy atom. The maximum absolute atomic E-state index is 11.6. The first-order chi connectivity index (χ1) is 14.8. The average Bonchev–Trinajstić information content (AvgIpc) is 3.44. The number of aromatic nitrogens is 3. The van der Waals surface area contributed by atoms with E-state index < -0.39 is 5.97 Å². The zero-order valence-corrected chi connectivity index (χ0v) is 18.2. The number of aromatic carboxylic acids is 1. The number of fused-ring (bicyclic) bond motifs is 2. The second-order valence-corrected chi connectivity index (χ2v) is 9.46. The molecular weight excluding hydrogens is 410 g/mol. The summed E-state index contributed by atoms with van der Waals surface area (Å²) in [5.74, 6) is -0.270. The van der Waals surface area contributed by atoms with Gasteiger partial charge in [-0.2, -0.15) is 5.10 Å². The molecule has 0 unspecified atom stereocenters. The van der Waals surface area contributed by atoms with Crippen LogP contribution in [0.15, 0.2) is 58.3 Å². The van der Waals surface area contributed by atoms with Crippen LogP contribution in [0.3, 0.4) is 0 Å². The third-order valence-corrected chi connectivity index (χ3v) is 6.11. The molecule has 5 aromatic rings. The summed E-state index contributed by atoms with van der Waals surface area (Å²) in [5, 5.41) is 18.4. The minimum Gasteiger partial charge on any atom is -0.476 e. The number of thiazole rings is 1. The molecule has 0 aliphatic heterocycles. The Morgan fingerprint density at radius 1 is 1.16 bits per heavy atom. The van der Waals surface area contributed by atoms with Gasteiger partial charge in [0.1, 0.15) is 5.58 Å². The fraction of sp³-hybridized carbons (Fsp3) is 0.208. The summed E-state index contributed by atoms with van der Waals surface area (Å²) in [6.07, 6.45) is 0. The first-order valence-electron chi connectivity index (χ1n) is 9.97. The SMILES string of the molecule is CC(C)(C)c1csc(-c2cc3cc(Cn4nc(C(=O)O)c5ccccc54)ccc3o2)n1. The predicted octanol–water partition coefficient (Wildman–Crippen LogP) is 5.95. The molecule has 0 radical (unpaired) electrons. The van der Waals surface area contributed by atoms with Crippen molar-refractivity contribution >= 4 is 39.2 Å². The van der Waals surface area contributed by atoms with E-state index in [4.69, 9.17) is 9.40 Å². The maximum Gasteiger partial charge on any atom is 0.357 e. The number of hydrogen-bond acceptors (Lipinski definition) is 5. The van der Waals surface area contributed by atoms with Crippen LogP contribution in [0.4, 0.5) is 0 Å². The Kier molecular flexibility index (Phi) is 4.44. The zero-order valence-electron chi connectivity index (χ0n) is 17.4. The van der Waals surface area contributed by atoms with E-state index in [-0.39, 0.29) is 11.1 Å². The van der Waals surface area contributed by atoms with Crippen molar-refractivity contribution in [3.8, 4) is 10.8 Å². The van der Waals surface area contributed by atoms with Gasteiger partial charge in [0.05, 0.1) is 17.8 Å². The van der Waals surface area contributed by atoms with E-state index >= 15 is 0 Å². The molecule has 0 spiro atoms. The molecule has 0 fully saturated rings. The molecule has 0 amide bonds. The minimum atomic E-state index is -1.03. The molecule has 0 aliphatic rings. The van der Waals surface area contributed by atoms with Gasteiger partial charge < -0.3 is 9.52 Å². The van der Waals surface area contributed by atoms with Crippen LogP contribution in [-0.4, -0.2) is 25.8 Å². The molecule has 31 heavy (non-hydrogen) atoms. The van der Waals surface area contributed by atoms with Crippen LogP contribution in [0.5, 0.6) is 0 Å². The largest absolute Gasteiger partial charge is 0.476 e. The number of rotatable bonds is 4. The summed E-state index contributed by atoms with van der Waals surface area (Å²) in [5.41, 5.74) is 3.72. The van der Waals surface area contributed by atoms with Crippen molar-refractivity contribution in [2.75, 3.05) is 0 Å². The second-order valence-electron chi connectivity index (χ2n) is 8.60. The highest BCUT2D eigenvalue weighted by Crippen LogP contribution is 2.33. The minimum absolute atomic E-state index is 0.00468. The van der Waals surface area contributed by atoms with Gasteiger partial charge in [0.2, 0.25) is 0 Å². The molecular formula is C24H21N3O3S. The molecule has 156 valence electrons. The van der Waals surface area contributed by atoms with Crippen molar-refractivity contribution in [2.24, 2.45) is 0 Å². The van der Waals surface area contributed by atoms with Crippen molar-refractivity contribution < 1.29 is 14.3 Å². The number of benzene rings is 2. The molecule has 7 heteroatoms. The molecule has 3 heterocycles. The Hall–Kier alpha value is -3.45. The summed E-state index contributed by atoms with van der Waals surface area (Å²) in [7, 11) is 0. The van der Waals surface area contributed by atoms with Crippen LogP contribution in [0.25, 0.3) is 32.6 Å². The van der Waals surface area contributed by atoms with Crippen LogP contribution in [0.1, 0.15) is 42.5 Å². The molecule has 0 bridgehead atoms. The van der Waals surface area contributed by atoms with Crippen molar-refractivity contribution in [3.05, 3.63) is 70.9 Å². The third kappa shape index (κ3) is 3.51. The number of furan rings is 1. The van der Waals surface area contributed by atoms with Crippen LogP contribution in [0, 0.1) is 0 Å². The van der Waals surface area contributed by atoms with Gasteiger partial charge in [-0.25, -0.2) is 9.78 Å². The van der Waals surface area contributed by atoms with E-state index in [0.29, 0.717) is 11.9 Å². The number of carboxylic acids is 1. The molecule has 1 N–H and O–H groups in total. The average molecular weight is 432 g/mol. The zero-order chi connectivity index (χ0) is 21.8. The highest BCUT2D eigenvalue weighted by molar-refractivity contribution is 7.13. The summed E-state index contributed by atoms with van der Waals surface area (Å²) in [4.78, 5) is 16.3. The van der Waals surface area contributed by atoms with E-state index in [1.54, 1.807) is 22.1 Å². The fourth-order valence-corrected chi connectivity index (χ4v) is 4.60. The van der Waals surface area contributed by atoms with Gasteiger partial charge in [0, 0.05) is 21.6 Å². The van der Waals surface area contributed by atoms with Gasteiger partial charge in [0.15, 0.2) is 16.5 Å². The monoisotopic (exact) mass is 431 g/mol. The lowest BCUT2D eigenvalue weighted by atomic mass is 9.93. The van der Waals surface area contributed by atoms with Gasteiger partial charge in [-0.15, -0.1) is 11.3 Å². The molecule has 0 saturated heterocycles. The molecule has 0 atom stereocenters. The highest BCUT2D eigenvalue weighted by Gasteiger charge is 2.20. The lowest BCUT2D eigenvalue weighted by molar-refractivity contribution is 0.0691. The first-order valence-corrected chi connectivity index (χ1v) is 10.9. The quantitative estimate of drug-likeness (QED) is 0.380. The van der Waals surface area contributed by atoms with Crippen molar-refractivity contribution in [1.82, 2.24) is 14.8 Å². The summed E-state index contributed by atoms with van der Waals surface area (Å²) >= 11 is 1.58. The molecule has 6 nitrogen and oxygen atoms in total. The maximum atomic E-state index is 11.6. The van der Waals surface area contributed by atoms with Crippen molar-refractivity contribution in [3.63, 3.8) is 0 Å². The van der Waals surface area contributed by atoms with Crippen LogP contribution in [-0.2, 0) is 12.0 Å². The van der Waals surface area contributed by atoms with Crippen molar-refractivity contribution in [2.45, 2.75) is 32.7 Å². The number of carbonyl (C=O) groups is 1. The number of carboxylic acid groups (broad SMARTS) is 1. The number of hydrogen-bond donors (Lipinski definition) is 1. The molecule has 0 saturated carbocycles. The van der Waals surface area contributed by atoms with E-state index in [1.807, 2.05) is 36.4 Å². The Labute approximate surface area is 182 Å². The fourth-order valence-electron chi connectivity index (χ4n) is 3.61. The highest BCUT2D eigenvalue weighted by atomic mass is 32.1. The lowest BCUT2D eigenvalue weighted by Gasteiger charge is -2.13. The van der Waals surface area contributed by atoms with Gasteiger partial charge >= 0.3 is 5.97 Å². The van der Waals surface area contributed by atoms with E-state index in [0.717, 1.165) is 38.5 Å². The van der Waals surface area contributed by atoms with E-state index in [9.17, 15) is 9.90 Å². The Bertz CT molecular complexity index is 1440. The summed E-state index contributed by atoms with van der Waals surface area (Å²) < 4.78 is 7.77. The molecule has 2 aromatic carbocycles. The Balaban J connectivity index is 1.49.